The zero-order valence-corrected chi connectivity index (χ0v) is 14.0. The summed E-state index contributed by atoms with van der Waals surface area (Å²) in [6.45, 7) is 0. The Morgan fingerprint density at radius 3 is 2.15 bits per heavy atom. The SMILES string of the molecule is Cn1c2cc(-c3ccccc3)c([N+](=O)[O-])cc2c(=O)n1-c1ccccc1. The summed E-state index contributed by atoms with van der Waals surface area (Å²) < 4.78 is 3.24. The molecular weight excluding hydrogens is 330 g/mol. The fourth-order valence-corrected chi connectivity index (χ4v) is 3.23. The highest BCUT2D eigenvalue weighted by Crippen LogP contribution is 2.33. The first-order valence-electron chi connectivity index (χ1n) is 8.09. The van der Waals surface area contributed by atoms with Gasteiger partial charge in [-0.1, -0.05) is 48.5 Å². The van der Waals surface area contributed by atoms with Gasteiger partial charge >= 0.3 is 0 Å². The second kappa shape index (κ2) is 6.00. The zero-order chi connectivity index (χ0) is 18.3. The first-order chi connectivity index (χ1) is 12.6. The number of aromatic nitrogens is 2. The van der Waals surface area contributed by atoms with Crippen LogP contribution < -0.4 is 5.56 Å². The Morgan fingerprint density at radius 2 is 1.54 bits per heavy atom. The quantitative estimate of drug-likeness (QED) is 0.417. The predicted octanol–water partition coefficient (Wildman–Crippen LogP) is 3.90. The summed E-state index contributed by atoms with van der Waals surface area (Å²) in [4.78, 5) is 24.1. The zero-order valence-electron chi connectivity index (χ0n) is 14.0. The highest BCUT2D eigenvalue weighted by atomic mass is 16.6. The molecule has 0 saturated carbocycles. The minimum Gasteiger partial charge on any atom is -0.280 e. The number of nitro groups is 1. The van der Waals surface area contributed by atoms with Crippen molar-refractivity contribution in [1.29, 1.82) is 0 Å². The molecule has 3 aromatic carbocycles. The summed E-state index contributed by atoms with van der Waals surface area (Å²) >= 11 is 0. The van der Waals surface area contributed by atoms with Gasteiger partial charge in [-0.2, -0.15) is 0 Å². The highest BCUT2D eigenvalue weighted by molar-refractivity contribution is 5.90. The maximum absolute atomic E-state index is 12.9. The molecule has 26 heavy (non-hydrogen) atoms. The van der Waals surface area contributed by atoms with Crippen molar-refractivity contribution in [3.8, 4) is 16.8 Å². The van der Waals surface area contributed by atoms with Gasteiger partial charge in [0.2, 0.25) is 0 Å². The molecule has 0 bridgehead atoms. The van der Waals surface area contributed by atoms with E-state index in [1.54, 1.807) is 17.8 Å². The Kier molecular flexibility index (Phi) is 3.65. The standard InChI is InChI=1S/C20H15N3O3/c1-21-18-12-16(14-8-4-2-5-9-14)19(23(25)26)13-17(18)20(24)22(21)15-10-6-3-7-11-15/h2-13H,1H3. The Labute approximate surface area is 148 Å². The average Bonchev–Trinajstić information content (AvgIpc) is 2.92. The van der Waals surface area contributed by atoms with E-state index in [2.05, 4.69) is 0 Å². The molecule has 6 heteroatoms. The van der Waals surface area contributed by atoms with E-state index >= 15 is 0 Å². The molecule has 6 nitrogen and oxygen atoms in total. The third-order valence-corrected chi connectivity index (χ3v) is 4.47. The molecule has 0 aliphatic carbocycles. The molecule has 4 aromatic rings. The second-order valence-electron chi connectivity index (χ2n) is 5.99. The van der Waals surface area contributed by atoms with Crippen LogP contribution in [0.3, 0.4) is 0 Å². The summed E-state index contributed by atoms with van der Waals surface area (Å²) in [7, 11) is 1.78. The number of hydrogen-bond donors (Lipinski definition) is 0. The summed E-state index contributed by atoms with van der Waals surface area (Å²) in [5.41, 5.74) is 2.22. The number of nitro benzene ring substituents is 1. The summed E-state index contributed by atoms with van der Waals surface area (Å²) in [5, 5.41) is 11.9. The van der Waals surface area contributed by atoms with Gasteiger partial charge in [0, 0.05) is 13.1 Å². The normalized spacial score (nSPS) is 11.0. The maximum Gasteiger partial charge on any atom is 0.279 e. The minimum absolute atomic E-state index is 0.0772. The largest absolute Gasteiger partial charge is 0.280 e. The highest BCUT2D eigenvalue weighted by Gasteiger charge is 2.21. The molecular formula is C20H15N3O3. The van der Waals surface area contributed by atoms with Gasteiger partial charge < -0.3 is 0 Å². The van der Waals surface area contributed by atoms with E-state index in [0.29, 0.717) is 22.2 Å². The monoisotopic (exact) mass is 345 g/mol. The van der Waals surface area contributed by atoms with Crippen LogP contribution in [0, 0.1) is 10.1 Å². The van der Waals surface area contributed by atoms with Crippen molar-refractivity contribution in [2.75, 3.05) is 0 Å². The lowest BCUT2D eigenvalue weighted by molar-refractivity contribution is -0.384. The van der Waals surface area contributed by atoms with Crippen LogP contribution in [0.25, 0.3) is 27.7 Å². The Balaban J connectivity index is 2.07. The fraction of sp³-hybridized carbons (Fsp3) is 0.0500. The minimum atomic E-state index is -0.443. The number of hydrogen-bond acceptors (Lipinski definition) is 3. The van der Waals surface area contributed by atoms with Crippen LogP contribution in [0.15, 0.2) is 77.6 Å². The number of benzene rings is 3. The van der Waals surface area contributed by atoms with Crippen molar-refractivity contribution in [2.45, 2.75) is 0 Å². The van der Waals surface area contributed by atoms with Crippen LogP contribution in [0.4, 0.5) is 5.69 Å². The number of aryl methyl sites for hydroxylation is 1. The fourth-order valence-electron chi connectivity index (χ4n) is 3.23. The Morgan fingerprint density at radius 1 is 0.923 bits per heavy atom. The smallest absolute Gasteiger partial charge is 0.279 e. The van der Waals surface area contributed by atoms with Crippen LogP contribution in [0.2, 0.25) is 0 Å². The summed E-state index contributed by atoms with van der Waals surface area (Å²) in [6, 6.07) is 21.5. The molecule has 0 unspecified atom stereocenters. The van der Waals surface area contributed by atoms with Gasteiger partial charge in [0.15, 0.2) is 0 Å². The van der Waals surface area contributed by atoms with E-state index in [0.717, 1.165) is 5.56 Å². The lowest BCUT2D eigenvalue weighted by Gasteiger charge is -2.08. The molecule has 0 saturated heterocycles. The molecule has 128 valence electrons. The summed E-state index contributed by atoms with van der Waals surface area (Å²) in [6.07, 6.45) is 0. The molecule has 0 fully saturated rings. The van der Waals surface area contributed by atoms with Crippen molar-refractivity contribution in [1.82, 2.24) is 9.36 Å². The third kappa shape index (κ3) is 2.39. The van der Waals surface area contributed by atoms with Crippen molar-refractivity contribution in [3.05, 3.63) is 93.3 Å². The van der Waals surface area contributed by atoms with Crippen LogP contribution >= 0.6 is 0 Å². The first-order valence-corrected chi connectivity index (χ1v) is 8.09. The number of nitrogens with zero attached hydrogens (tertiary/aromatic N) is 3. The van der Waals surface area contributed by atoms with E-state index < -0.39 is 4.92 Å². The molecule has 0 aliphatic rings. The molecule has 0 aliphatic heterocycles. The van der Waals surface area contributed by atoms with Gasteiger partial charge in [0.1, 0.15) is 0 Å². The van der Waals surface area contributed by atoms with Gasteiger partial charge in [-0.15, -0.1) is 0 Å². The van der Waals surface area contributed by atoms with E-state index in [1.165, 1.54) is 10.7 Å². The number of fused-ring (bicyclic) bond motifs is 1. The Hall–Kier alpha value is -3.67. The van der Waals surface area contributed by atoms with E-state index in [9.17, 15) is 14.9 Å². The topological polar surface area (TPSA) is 70.1 Å². The lowest BCUT2D eigenvalue weighted by atomic mass is 10.0. The van der Waals surface area contributed by atoms with Crippen molar-refractivity contribution < 1.29 is 4.92 Å². The Bertz CT molecular complexity index is 1180. The van der Waals surface area contributed by atoms with Gasteiger partial charge in [0.05, 0.1) is 27.1 Å². The van der Waals surface area contributed by atoms with Crippen molar-refractivity contribution >= 4 is 16.6 Å². The maximum atomic E-state index is 12.9. The number of para-hydroxylation sites is 1. The van der Waals surface area contributed by atoms with Crippen molar-refractivity contribution in [3.63, 3.8) is 0 Å². The summed E-state index contributed by atoms with van der Waals surface area (Å²) in [5.74, 6) is 0. The van der Waals surface area contributed by atoms with Crippen molar-refractivity contribution in [2.24, 2.45) is 7.05 Å². The van der Waals surface area contributed by atoms with Crippen LogP contribution in [0.1, 0.15) is 0 Å². The number of rotatable bonds is 3. The molecule has 4 rings (SSSR count). The molecule has 0 amide bonds. The van der Waals surface area contributed by atoms with E-state index in [4.69, 9.17) is 0 Å². The average molecular weight is 345 g/mol. The molecule has 0 spiro atoms. The van der Waals surface area contributed by atoms with Crippen LogP contribution in [-0.4, -0.2) is 14.3 Å². The second-order valence-corrected chi connectivity index (χ2v) is 5.99. The molecule has 0 atom stereocenters. The predicted molar refractivity (Wildman–Crippen MR) is 101 cm³/mol. The van der Waals surface area contributed by atoms with Gasteiger partial charge in [-0.25, -0.2) is 4.68 Å². The first kappa shape index (κ1) is 15.8. The van der Waals surface area contributed by atoms with Gasteiger partial charge in [-0.05, 0) is 23.8 Å². The third-order valence-electron chi connectivity index (χ3n) is 4.47. The molecule has 0 radical (unpaired) electrons. The van der Waals surface area contributed by atoms with Crippen LogP contribution in [-0.2, 0) is 7.05 Å². The van der Waals surface area contributed by atoms with Gasteiger partial charge in [-0.3, -0.25) is 19.6 Å². The van der Waals surface area contributed by atoms with E-state index in [-0.39, 0.29) is 11.2 Å². The molecule has 1 heterocycles. The lowest BCUT2D eigenvalue weighted by Crippen LogP contribution is -2.19. The van der Waals surface area contributed by atoms with Gasteiger partial charge in [0.25, 0.3) is 11.2 Å². The van der Waals surface area contributed by atoms with Crippen LogP contribution in [0.5, 0.6) is 0 Å². The molecule has 1 aromatic heterocycles. The molecule has 0 N–H and O–H groups in total. The van der Waals surface area contributed by atoms with E-state index in [1.807, 2.05) is 60.7 Å².